The fraction of sp³-hybridized carbons (Fsp3) is 0. The fourth-order valence-electron chi connectivity index (χ4n) is 5.60. The second-order valence-electron chi connectivity index (χ2n) is 8.90. The Hall–Kier alpha value is -4.41. The summed E-state index contributed by atoms with van der Waals surface area (Å²) in [4.78, 5) is 4.50. The number of hydrogen-bond acceptors (Lipinski definition) is 2. The lowest BCUT2D eigenvalue weighted by atomic mass is 10.1. The largest absolute Gasteiger partial charge is 0.307 e. The standard InChI is InChI=1S/C31H19N3S/c1-2-8-20(9-3-1)33-27-12-6-4-10-22(27)24-15-16-25-23-11-5-7-13-28(23)34(31(25)30(24)33)21-14-17-26-29(18-21)35-19-32-26/h1-19H. The molecule has 0 amide bonds. The third kappa shape index (κ3) is 2.57. The van der Waals surface area contributed by atoms with Gasteiger partial charge in [-0.2, -0.15) is 0 Å². The number of benzene rings is 5. The number of nitrogens with zero attached hydrogens (tertiary/aromatic N) is 3. The van der Waals surface area contributed by atoms with Gasteiger partial charge in [0.1, 0.15) is 0 Å². The summed E-state index contributed by atoms with van der Waals surface area (Å²) in [6.45, 7) is 0. The zero-order chi connectivity index (χ0) is 22.9. The van der Waals surface area contributed by atoms with Gasteiger partial charge in [0.2, 0.25) is 0 Å². The first-order chi connectivity index (χ1) is 17.4. The van der Waals surface area contributed by atoms with Crippen molar-refractivity contribution < 1.29 is 0 Å². The van der Waals surface area contributed by atoms with E-state index in [1.165, 1.54) is 54.0 Å². The van der Waals surface area contributed by atoms with Crippen LogP contribution in [0.2, 0.25) is 0 Å². The summed E-state index contributed by atoms with van der Waals surface area (Å²) in [5, 5.41) is 5.05. The summed E-state index contributed by atoms with van der Waals surface area (Å²) in [5.74, 6) is 0. The molecule has 0 saturated heterocycles. The Morgan fingerprint density at radius 3 is 1.80 bits per heavy atom. The molecule has 164 valence electrons. The Morgan fingerprint density at radius 2 is 1.11 bits per heavy atom. The van der Waals surface area contributed by atoms with E-state index in [-0.39, 0.29) is 0 Å². The maximum atomic E-state index is 4.50. The molecule has 4 heteroatoms. The van der Waals surface area contributed by atoms with Gasteiger partial charge in [-0.25, -0.2) is 4.98 Å². The second kappa shape index (κ2) is 7.05. The van der Waals surface area contributed by atoms with Gasteiger partial charge in [0, 0.05) is 32.9 Å². The summed E-state index contributed by atoms with van der Waals surface area (Å²) in [5.41, 5.74) is 10.2. The van der Waals surface area contributed by atoms with Gasteiger partial charge < -0.3 is 9.13 Å². The van der Waals surface area contributed by atoms with Crippen molar-refractivity contribution in [3.8, 4) is 11.4 Å². The van der Waals surface area contributed by atoms with E-state index in [0.29, 0.717) is 0 Å². The van der Waals surface area contributed by atoms with Gasteiger partial charge in [-0.05, 0) is 42.5 Å². The van der Waals surface area contributed by atoms with Crippen LogP contribution in [0.4, 0.5) is 0 Å². The van der Waals surface area contributed by atoms with Crippen LogP contribution < -0.4 is 0 Å². The van der Waals surface area contributed by atoms with Crippen molar-refractivity contribution in [2.45, 2.75) is 0 Å². The van der Waals surface area contributed by atoms with E-state index < -0.39 is 0 Å². The summed E-state index contributed by atoms with van der Waals surface area (Å²) in [6, 6.07) is 39.3. The topological polar surface area (TPSA) is 22.8 Å². The molecule has 5 aromatic carbocycles. The Balaban J connectivity index is 1.65. The highest BCUT2D eigenvalue weighted by molar-refractivity contribution is 7.16. The highest BCUT2D eigenvalue weighted by Crippen LogP contribution is 2.41. The predicted octanol–water partition coefficient (Wildman–Crippen LogP) is 8.49. The van der Waals surface area contributed by atoms with E-state index in [2.05, 4.69) is 123 Å². The van der Waals surface area contributed by atoms with Gasteiger partial charge in [-0.1, -0.05) is 66.7 Å². The average molecular weight is 466 g/mol. The number of aromatic nitrogens is 3. The quantitative estimate of drug-likeness (QED) is 0.251. The normalized spacial score (nSPS) is 12.0. The molecule has 3 aromatic heterocycles. The van der Waals surface area contributed by atoms with Crippen molar-refractivity contribution in [1.29, 1.82) is 0 Å². The van der Waals surface area contributed by atoms with E-state index >= 15 is 0 Å². The minimum atomic E-state index is 1.04. The van der Waals surface area contributed by atoms with Gasteiger partial charge in [-0.3, -0.25) is 0 Å². The SMILES string of the molecule is c1ccc(-n2c3ccccc3c3ccc4c5ccccc5n(-c5ccc6ncsc6c5)c4c32)cc1. The second-order valence-corrected chi connectivity index (χ2v) is 9.79. The first kappa shape index (κ1) is 19.0. The van der Waals surface area contributed by atoms with Crippen LogP contribution >= 0.6 is 11.3 Å². The third-order valence-electron chi connectivity index (χ3n) is 7.06. The summed E-state index contributed by atoms with van der Waals surface area (Å²) >= 11 is 1.69. The maximum absolute atomic E-state index is 4.50. The smallest absolute Gasteiger partial charge is 0.0813 e. The van der Waals surface area contributed by atoms with Crippen LogP contribution in [0.3, 0.4) is 0 Å². The first-order valence-electron chi connectivity index (χ1n) is 11.7. The van der Waals surface area contributed by atoms with Crippen molar-refractivity contribution >= 4 is 65.2 Å². The van der Waals surface area contributed by atoms with E-state index in [1.807, 2.05) is 5.51 Å². The molecule has 0 spiro atoms. The highest BCUT2D eigenvalue weighted by atomic mass is 32.1. The molecular weight excluding hydrogens is 446 g/mol. The molecule has 0 fully saturated rings. The molecule has 0 aliphatic carbocycles. The Labute approximate surface area is 205 Å². The number of hydrogen-bond donors (Lipinski definition) is 0. The molecule has 0 atom stereocenters. The first-order valence-corrected chi connectivity index (χ1v) is 12.6. The summed E-state index contributed by atoms with van der Waals surface area (Å²) < 4.78 is 6.06. The van der Waals surface area contributed by atoms with E-state index in [1.54, 1.807) is 11.3 Å². The minimum absolute atomic E-state index is 1.04. The lowest BCUT2D eigenvalue weighted by molar-refractivity contribution is 1.15. The van der Waals surface area contributed by atoms with Crippen LogP contribution in [0, 0.1) is 0 Å². The number of fused-ring (bicyclic) bond motifs is 8. The van der Waals surface area contributed by atoms with Crippen molar-refractivity contribution in [2.24, 2.45) is 0 Å². The molecule has 3 nitrogen and oxygen atoms in total. The summed E-state index contributed by atoms with van der Waals surface area (Å²) in [7, 11) is 0. The van der Waals surface area contributed by atoms with Crippen LogP contribution in [0.15, 0.2) is 115 Å². The number of para-hydroxylation sites is 3. The predicted molar refractivity (Wildman–Crippen MR) is 148 cm³/mol. The van der Waals surface area contributed by atoms with Crippen LogP contribution in [0.1, 0.15) is 0 Å². The summed E-state index contributed by atoms with van der Waals surface area (Å²) in [6.07, 6.45) is 0. The number of thiazole rings is 1. The van der Waals surface area contributed by atoms with E-state index in [9.17, 15) is 0 Å². The van der Waals surface area contributed by atoms with Crippen molar-refractivity contribution in [1.82, 2.24) is 14.1 Å². The minimum Gasteiger partial charge on any atom is -0.307 e. The Morgan fingerprint density at radius 1 is 0.514 bits per heavy atom. The van der Waals surface area contributed by atoms with Gasteiger partial charge in [0.05, 0.1) is 37.8 Å². The van der Waals surface area contributed by atoms with Crippen molar-refractivity contribution in [3.63, 3.8) is 0 Å². The molecule has 0 saturated carbocycles. The van der Waals surface area contributed by atoms with Gasteiger partial charge >= 0.3 is 0 Å². The maximum Gasteiger partial charge on any atom is 0.0813 e. The van der Waals surface area contributed by atoms with Crippen LogP contribution in [-0.2, 0) is 0 Å². The zero-order valence-electron chi connectivity index (χ0n) is 18.7. The Bertz CT molecular complexity index is 2060. The lowest BCUT2D eigenvalue weighted by Crippen LogP contribution is -1.98. The molecule has 0 bridgehead atoms. The highest BCUT2D eigenvalue weighted by Gasteiger charge is 2.20. The lowest BCUT2D eigenvalue weighted by Gasteiger charge is -2.12. The molecule has 0 aliphatic rings. The molecule has 0 radical (unpaired) electrons. The van der Waals surface area contributed by atoms with Gasteiger partial charge in [-0.15, -0.1) is 11.3 Å². The zero-order valence-corrected chi connectivity index (χ0v) is 19.5. The molecule has 3 heterocycles. The monoisotopic (exact) mass is 465 g/mol. The number of rotatable bonds is 2. The van der Waals surface area contributed by atoms with E-state index in [0.717, 1.165) is 11.2 Å². The molecule has 8 aromatic rings. The van der Waals surface area contributed by atoms with Crippen molar-refractivity contribution in [2.75, 3.05) is 0 Å². The van der Waals surface area contributed by atoms with Crippen LogP contribution in [0.5, 0.6) is 0 Å². The molecule has 0 unspecified atom stereocenters. The molecule has 35 heavy (non-hydrogen) atoms. The van der Waals surface area contributed by atoms with Crippen molar-refractivity contribution in [3.05, 3.63) is 115 Å². The van der Waals surface area contributed by atoms with E-state index in [4.69, 9.17) is 0 Å². The molecular formula is C31H19N3S. The average Bonchev–Trinajstić information content (AvgIpc) is 3.61. The Kier molecular flexibility index (Phi) is 3.82. The fourth-order valence-corrected chi connectivity index (χ4v) is 6.31. The molecule has 0 aliphatic heterocycles. The third-order valence-corrected chi connectivity index (χ3v) is 7.85. The van der Waals surface area contributed by atoms with Gasteiger partial charge in [0.15, 0.2) is 0 Å². The van der Waals surface area contributed by atoms with Crippen LogP contribution in [-0.4, -0.2) is 14.1 Å². The van der Waals surface area contributed by atoms with Crippen LogP contribution in [0.25, 0.3) is 65.2 Å². The molecule has 8 rings (SSSR count). The molecule has 0 N–H and O–H groups in total. The van der Waals surface area contributed by atoms with Gasteiger partial charge in [0.25, 0.3) is 0 Å².